The summed E-state index contributed by atoms with van der Waals surface area (Å²) in [7, 11) is 1.30. The lowest BCUT2D eigenvalue weighted by Crippen LogP contribution is -2.17. The quantitative estimate of drug-likeness (QED) is 0.493. The number of ether oxygens (including phenoxy) is 1. The fraction of sp³-hybridized carbons (Fsp3) is 0.286. The second-order valence-corrected chi connectivity index (χ2v) is 4.69. The Morgan fingerprint density at radius 3 is 2.37 bits per heavy atom. The van der Waals surface area contributed by atoms with Crippen molar-refractivity contribution in [3.05, 3.63) is 40.6 Å². The molecule has 0 bridgehead atoms. The number of benzene rings is 1. The number of carbonyl (C=O) groups excluding carboxylic acids is 1. The highest BCUT2D eigenvalue weighted by atomic mass is 35.5. The summed E-state index contributed by atoms with van der Waals surface area (Å²) in [6.07, 6.45) is 1.00. The van der Waals surface area contributed by atoms with Crippen molar-refractivity contribution in [1.29, 1.82) is 5.41 Å². The number of esters is 1. The maximum Gasteiger partial charge on any atom is 0.341 e. The summed E-state index contributed by atoms with van der Waals surface area (Å²) < 4.78 is 4.68. The molecule has 0 unspecified atom stereocenters. The van der Waals surface area contributed by atoms with Gasteiger partial charge in [-0.05, 0) is 30.2 Å². The van der Waals surface area contributed by atoms with E-state index in [1.165, 1.54) is 7.11 Å². The average Bonchev–Trinajstić information content (AvgIpc) is 2.40. The summed E-state index contributed by atoms with van der Waals surface area (Å²) in [6, 6.07) is 7.13. The van der Waals surface area contributed by atoms with Gasteiger partial charge < -0.3 is 15.5 Å². The Morgan fingerprint density at radius 1 is 1.37 bits per heavy atom. The SMILES string of the molecule is COC(=O)/C(C=N)=C(/Nc1ccc(Cl)cc1)C(C)C. The van der Waals surface area contributed by atoms with Crippen LogP contribution in [0, 0.1) is 11.3 Å². The summed E-state index contributed by atoms with van der Waals surface area (Å²) in [4.78, 5) is 11.6. The lowest BCUT2D eigenvalue weighted by atomic mass is 10.0. The average molecular weight is 281 g/mol. The molecule has 0 atom stereocenters. The Morgan fingerprint density at radius 2 is 1.95 bits per heavy atom. The smallest absolute Gasteiger partial charge is 0.341 e. The largest absolute Gasteiger partial charge is 0.465 e. The molecule has 0 amide bonds. The molecule has 0 heterocycles. The molecule has 1 aromatic carbocycles. The maximum absolute atomic E-state index is 11.6. The molecule has 0 saturated heterocycles. The number of rotatable bonds is 5. The lowest BCUT2D eigenvalue weighted by molar-refractivity contribution is -0.135. The van der Waals surface area contributed by atoms with Gasteiger partial charge in [-0.25, -0.2) is 4.79 Å². The number of allylic oxidation sites excluding steroid dienone is 1. The molecule has 19 heavy (non-hydrogen) atoms. The van der Waals surface area contributed by atoms with Gasteiger partial charge in [-0.1, -0.05) is 25.4 Å². The second kappa shape index (κ2) is 6.95. The zero-order valence-electron chi connectivity index (χ0n) is 11.2. The van der Waals surface area contributed by atoms with Crippen molar-refractivity contribution in [2.24, 2.45) is 5.92 Å². The Bertz CT molecular complexity index is 493. The molecule has 0 aliphatic rings. The molecule has 5 heteroatoms. The summed E-state index contributed by atoms with van der Waals surface area (Å²) in [5.41, 5.74) is 1.66. The van der Waals surface area contributed by atoms with Crippen LogP contribution in [0.4, 0.5) is 5.69 Å². The van der Waals surface area contributed by atoms with Crippen LogP contribution < -0.4 is 5.32 Å². The number of methoxy groups -OCH3 is 1. The molecule has 4 nitrogen and oxygen atoms in total. The first-order chi connectivity index (χ1) is 8.99. The Balaban J connectivity index is 3.13. The van der Waals surface area contributed by atoms with Gasteiger partial charge in [0.1, 0.15) is 0 Å². The molecule has 102 valence electrons. The van der Waals surface area contributed by atoms with Crippen molar-refractivity contribution in [2.45, 2.75) is 13.8 Å². The fourth-order valence-corrected chi connectivity index (χ4v) is 1.69. The first-order valence-corrected chi connectivity index (χ1v) is 6.23. The van der Waals surface area contributed by atoms with Gasteiger partial charge in [0.25, 0.3) is 0 Å². The summed E-state index contributed by atoms with van der Waals surface area (Å²) in [5, 5.41) is 11.2. The first kappa shape index (κ1) is 15.2. The summed E-state index contributed by atoms with van der Waals surface area (Å²) >= 11 is 5.82. The normalized spacial score (nSPS) is 11.8. The van der Waals surface area contributed by atoms with Crippen LogP contribution in [-0.2, 0) is 9.53 Å². The highest BCUT2D eigenvalue weighted by Gasteiger charge is 2.16. The third-order valence-corrected chi connectivity index (χ3v) is 2.79. The van der Waals surface area contributed by atoms with Crippen molar-refractivity contribution >= 4 is 29.5 Å². The fourth-order valence-electron chi connectivity index (χ4n) is 1.57. The number of anilines is 1. The Hall–Kier alpha value is -1.81. The number of hydrogen-bond acceptors (Lipinski definition) is 4. The minimum Gasteiger partial charge on any atom is -0.465 e. The van der Waals surface area contributed by atoms with Gasteiger partial charge in [-0.3, -0.25) is 0 Å². The molecule has 1 aromatic rings. The van der Waals surface area contributed by atoms with E-state index >= 15 is 0 Å². The predicted octanol–water partition coefficient (Wildman–Crippen LogP) is 3.48. The highest BCUT2D eigenvalue weighted by molar-refractivity contribution is 6.30. The van der Waals surface area contributed by atoms with Gasteiger partial charge in [0.2, 0.25) is 0 Å². The van der Waals surface area contributed by atoms with E-state index in [1.807, 2.05) is 26.0 Å². The molecule has 1 rings (SSSR count). The molecule has 0 fully saturated rings. The zero-order valence-corrected chi connectivity index (χ0v) is 11.9. The van der Waals surface area contributed by atoms with E-state index < -0.39 is 5.97 Å². The Labute approximate surface area is 117 Å². The van der Waals surface area contributed by atoms with Gasteiger partial charge in [0.15, 0.2) is 0 Å². The van der Waals surface area contributed by atoms with E-state index in [9.17, 15) is 4.79 Å². The van der Waals surface area contributed by atoms with Crippen molar-refractivity contribution in [3.63, 3.8) is 0 Å². The van der Waals surface area contributed by atoms with Gasteiger partial charge in [0, 0.05) is 22.6 Å². The van der Waals surface area contributed by atoms with E-state index in [0.29, 0.717) is 10.7 Å². The van der Waals surface area contributed by atoms with Crippen LogP contribution in [0.2, 0.25) is 5.02 Å². The zero-order chi connectivity index (χ0) is 14.4. The van der Waals surface area contributed by atoms with Crippen molar-refractivity contribution in [2.75, 3.05) is 12.4 Å². The number of nitrogens with one attached hydrogen (secondary N) is 2. The second-order valence-electron chi connectivity index (χ2n) is 4.25. The van der Waals surface area contributed by atoms with Crippen molar-refractivity contribution < 1.29 is 9.53 Å². The van der Waals surface area contributed by atoms with E-state index in [1.54, 1.807) is 12.1 Å². The molecular weight excluding hydrogens is 264 g/mol. The lowest BCUT2D eigenvalue weighted by Gasteiger charge is -2.17. The highest BCUT2D eigenvalue weighted by Crippen LogP contribution is 2.20. The standard InChI is InChI=1S/C14H17ClN2O2/c1-9(2)13(12(8-16)14(18)19-3)17-11-6-4-10(15)5-7-11/h4-9,16-17H,1-3H3/b13-12+,16-8?. The molecule has 0 radical (unpaired) electrons. The van der Waals surface area contributed by atoms with E-state index in [4.69, 9.17) is 17.0 Å². The summed E-state index contributed by atoms with van der Waals surface area (Å²) in [6.45, 7) is 3.87. The minimum atomic E-state index is -0.528. The van der Waals surface area contributed by atoms with E-state index in [2.05, 4.69) is 10.1 Å². The molecule has 0 aromatic heterocycles. The van der Waals surface area contributed by atoms with Crippen LogP contribution in [0.3, 0.4) is 0 Å². The predicted molar refractivity (Wildman–Crippen MR) is 77.7 cm³/mol. The summed E-state index contributed by atoms with van der Waals surface area (Å²) in [5.74, 6) is -0.480. The minimum absolute atomic E-state index is 0.0476. The monoisotopic (exact) mass is 280 g/mol. The third-order valence-electron chi connectivity index (χ3n) is 2.54. The van der Waals surface area contributed by atoms with Crippen LogP contribution in [0.5, 0.6) is 0 Å². The van der Waals surface area contributed by atoms with E-state index in [-0.39, 0.29) is 11.5 Å². The molecule has 0 spiro atoms. The van der Waals surface area contributed by atoms with Crippen LogP contribution >= 0.6 is 11.6 Å². The maximum atomic E-state index is 11.6. The topological polar surface area (TPSA) is 62.2 Å². The van der Waals surface area contributed by atoms with Crippen molar-refractivity contribution in [1.82, 2.24) is 0 Å². The van der Waals surface area contributed by atoms with Gasteiger partial charge >= 0.3 is 5.97 Å². The van der Waals surface area contributed by atoms with E-state index in [0.717, 1.165) is 11.9 Å². The number of carbonyl (C=O) groups is 1. The molecule has 0 saturated carbocycles. The molecule has 2 N–H and O–H groups in total. The van der Waals surface area contributed by atoms with Gasteiger partial charge in [-0.2, -0.15) is 0 Å². The van der Waals surface area contributed by atoms with Crippen LogP contribution in [0.25, 0.3) is 0 Å². The van der Waals surface area contributed by atoms with Crippen LogP contribution in [0.1, 0.15) is 13.8 Å². The van der Waals surface area contributed by atoms with Crippen molar-refractivity contribution in [3.8, 4) is 0 Å². The van der Waals surface area contributed by atoms with Gasteiger partial charge in [0.05, 0.1) is 12.7 Å². The number of halogens is 1. The molecule has 0 aliphatic carbocycles. The molecular formula is C14H17ClN2O2. The van der Waals surface area contributed by atoms with Gasteiger partial charge in [-0.15, -0.1) is 0 Å². The third kappa shape index (κ3) is 4.10. The molecule has 0 aliphatic heterocycles. The Kier molecular flexibility index (Phi) is 5.57. The first-order valence-electron chi connectivity index (χ1n) is 5.85. The van der Waals surface area contributed by atoms with Crippen LogP contribution in [-0.4, -0.2) is 19.3 Å². The van der Waals surface area contributed by atoms with Crippen LogP contribution in [0.15, 0.2) is 35.5 Å². The number of hydrogen-bond donors (Lipinski definition) is 2.